The fraction of sp³-hybridized carbons (Fsp3) is 0.133. The molecular formula is C15H12BrCl2NO. The minimum atomic E-state index is -0.196. The number of benzene rings is 2. The van der Waals surface area contributed by atoms with Crippen molar-refractivity contribution in [3.05, 3.63) is 69.2 Å². The Hall–Kier alpha value is -1.03. The number of halogens is 3. The predicted octanol–water partition coefficient (Wildman–Crippen LogP) is 4.82. The first-order valence-corrected chi connectivity index (χ1v) is 7.84. The number of hydrogen-bond acceptors (Lipinski definition) is 1. The Kier molecular flexibility index (Phi) is 5.46. The number of alkyl halides is 1. The number of carbonyl (C=O) groups is 1. The lowest BCUT2D eigenvalue weighted by Gasteiger charge is -2.07. The van der Waals surface area contributed by atoms with E-state index >= 15 is 0 Å². The van der Waals surface area contributed by atoms with Crippen LogP contribution in [0.3, 0.4) is 0 Å². The molecule has 20 heavy (non-hydrogen) atoms. The van der Waals surface area contributed by atoms with E-state index in [0.29, 0.717) is 22.2 Å². The molecule has 2 nitrogen and oxygen atoms in total. The van der Waals surface area contributed by atoms with Crippen LogP contribution < -0.4 is 5.32 Å². The summed E-state index contributed by atoms with van der Waals surface area (Å²) in [4.78, 5) is 12.0. The van der Waals surface area contributed by atoms with Gasteiger partial charge in [0, 0.05) is 27.5 Å². The fourth-order valence-electron chi connectivity index (χ4n) is 1.79. The van der Waals surface area contributed by atoms with E-state index < -0.39 is 0 Å². The molecule has 0 saturated heterocycles. The largest absolute Gasteiger partial charge is 0.348 e. The van der Waals surface area contributed by atoms with Crippen LogP contribution in [0.2, 0.25) is 10.0 Å². The van der Waals surface area contributed by atoms with E-state index in [9.17, 15) is 4.79 Å². The smallest absolute Gasteiger partial charge is 0.251 e. The van der Waals surface area contributed by atoms with Crippen molar-refractivity contribution < 1.29 is 4.79 Å². The maximum Gasteiger partial charge on any atom is 0.251 e. The molecule has 1 N–H and O–H groups in total. The number of amides is 1. The van der Waals surface area contributed by atoms with Crippen molar-refractivity contribution in [2.24, 2.45) is 0 Å². The van der Waals surface area contributed by atoms with E-state index in [-0.39, 0.29) is 5.91 Å². The summed E-state index contributed by atoms with van der Waals surface area (Å²) in [6.45, 7) is 0.462. The van der Waals surface area contributed by atoms with Gasteiger partial charge in [-0.15, -0.1) is 0 Å². The van der Waals surface area contributed by atoms with Crippen molar-refractivity contribution in [2.45, 2.75) is 11.9 Å². The number of rotatable bonds is 4. The van der Waals surface area contributed by atoms with Crippen LogP contribution in [0.15, 0.2) is 42.5 Å². The Bertz CT molecular complexity index is 611. The zero-order valence-corrected chi connectivity index (χ0v) is 13.6. The molecule has 5 heteroatoms. The van der Waals surface area contributed by atoms with E-state index in [4.69, 9.17) is 23.2 Å². The Labute approximate surface area is 136 Å². The first kappa shape index (κ1) is 15.4. The second kappa shape index (κ2) is 7.11. The molecule has 0 aliphatic rings. The van der Waals surface area contributed by atoms with Gasteiger partial charge < -0.3 is 5.32 Å². The first-order chi connectivity index (χ1) is 9.58. The summed E-state index contributed by atoms with van der Waals surface area (Å²) >= 11 is 15.2. The van der Waals surface area contributed by atoms with Crippen LogP contribution in [-0.2, 0) is 11.9 Å². The van der Waals surface area contributed by atoms with Crippen LogP contribution >= 0.6 is 39.1 Å². The van der Waals surface area contributed by atoms with E-state index in [2.05, 4.69) is 21.2 Å². The number of carbonyl (C=O) groups excluding carboxylic acids is 1. The maximum atomic E-state index is 12.0. The summed E-state index contributed by atoms with van der Waals surface area (Å²) < 4.78 is 0. The highest BCUT2D eigenvalue weighted by atomic mass is 79.9. The second-order valence-electron chi connectivity index (χ2n) is 4.29. The molecule has 0 saturated carbocycles. The van der Waals surface area contributed by atoms with Gasteiger partial charge in [0.1, 0.15) is 0 Å². The molecule has 0 heterocycles. The lowest BCUT2D eigenvalue weighted by Crippen LogP contribution is -2.22. The van der Waals surface area contributed by atoms with E-state index in [0.717, 1.165) is 10.9 Å². The summed E-state index contributed by atoms with van der Waals surface area (Å²) in [5, 5.41) is 4.54. The molecule has 0 atom stereocenters. The topological polar surface area (TPSA) is 29.1 Å². The predicted molar refractivity (Wildman–Crippen MR) is 86.7 cm³/mol. The number of hydrogen-bond donors (Lipinski definition) is 1. The van der Waals surface area contributed by atoms with Gasteiger partial charge >= 0.3 is 0 Å². The standard InChI is InChI=1S/C15H12BrCl2NO/c16-8-10-2-1-3-11(4-10)9-19-15(20)12-5-13(17)7-14(18)6-12/h1-7H,8-9H2,(H,19,20). The second-order valence-corrected chi connectivity index (χ2v) is 5.73. The summed E-state index contributed by atoms with van der Waals surface area (Å²) in [6.07, 6.45) is 0. The SMILES string of the molecule is O=C(NCc1cccc(CBr)c1)c1cc(Cl)cc(Cl)c1. The molecule has 0 aliphatic heterocycles. The van der Waals surface area contributed by atoms with Crippen molar-refractivity contribution in [3.63, 3.8) is 0 Å². The van der Waals surface area contributed by atoms with Gasteiger partial charge in [-0.1, -0.05) is 63.4 Å². The lowest BCUT2D eigenvalue weighted by atomic mass is 10.1. The lowest BCUT2D eigenvalue weighted by molar-refractivity contribution is 0.0951. The third kappa shape index (κ3) is 4.23. The van der Waals surface area contributed by atoms with Gasteiger partial charge in [0.25, 0.3) is 5.91 Å². The Balaban J connectivity index is 2.04. The Morgan fingerprint density at radius 3 is 2.35 bits per heavy atom. The molecule has 2 aromatic rings. The van der Waals surface area contributed by atoms with Crippen molar-refractivity contribution in [1.29, 1.82) is 0 Å². The average molecular weight is 373 g/mol. The molecule has 0 bridgehead atoms. The third-order valence-electron chi connectivity index (χ3n) is 2.72. The first-order valence-electron chi connectivity index (χ1n) is 5.96. The van der Waals surface area contributed by atoms with Crippen LogP contribution in [-0.4, -0.2) is 5.91 Å². The maximum absolute atomic E-state index is 12.0. The average Bonchev–Trinajstić information content (AvgIpc) is 2.44. The van der Waals surface area contributed by atoms with E-state index in [1.807, 2.05) is 24.3 Å². The van der Waals surface area contributed by atoms with Gasteiger partial charge in [-0.3, -0.25) is 4.79 Å². The summed E-state index contributed by atoms with van der Waals surface area (Å²) in [7, 11) is 0. The molecule has 0 aliphatic carbocycles. The van der Waals surface area contributed by atoms with Crippen LogP contribution in [0.1, 0.15) is 21.5 Å². The van der Waals surface area contributed by atoms with Crippen LogP contribution in [0.5, 0.6) is 0 Å². The van der Waals surface area contributed by atoms with Crippen molar-refractivity contribution in [2.75, 3.05) is 0 Å². The highest BCUT2D eigenvalue weighted by Crippen LogP contribution is 2.19. The highest BCUT2D eigenvalue weighted by molar-refractivity contribution is 9.08. The fourth-order valence-corrected chi connectivity index (χ4v) is 2.67. The normalized spacial score (nSPS) is 10.3. The van der Waals surface area contributed by atoms with Crippen molar-refractivity contribution in [3.8, 4) is 0 Å². The van der Waals surface area contributed by atoms with Crippen LogP contribution in [0.4, 0.5) is 0 Å². The van der Waals surface area contributed by atoms with E-state index in [1.54, 1.807) is 18.2 Å². The van der Waals surface area contributed by atoms with Crippen LogP contribution in [0.25, 0.3) is 0 Å². The molecule has 104 valence electrons. The monoisotopic (exact) mass is 371 g/mol. The van der Waals surface area contributed by atoms with Gasteiger partial charge in [-0.2, -0.15) is 0 Å². The third-order valence-corrected chi connectivity index (χ3v) is 3.81. The molecule has 0 spiro atoms. The van der Waals surface area contributed by atoms with Gasteiger partial charge in [0.15, 0.2) is 0 Å². The quantitative estimate of drug-likeness (QED) is 0.766. The highest BCUT2D eigenvalue weighted by Gasteiger charge is 2.07. The zero-order valence-electron chi connectivity index (χ0n) is 10.5. The zero-order chi connectivity index (χ0) is 14.5. The summed E-state index contributed by atoms with van der Waals surface area (Å²) in [5.41, 5.74) is 2.67. The van der Waals surface area contributed by atoms with Gasteiger partial charge in [-0.25, -0.2) is 0 Å². The molecule has 0 fully saturated rings. The minimum absolute atomic E-state index is 0.196. The Morgan fingerprint density at radius 1 is 1.05 bits per heavy atom. The van der Waals surface area contributed by atoms with Crippen molar-refractivity contribution in [1.82, 2.24) is 5.32 Å². The van der Waals surface area contributed by atoms with Gasteiger partial charge in [0.05, 0.1) is 0 Å². The molecule has 2 aromatic carbocycles. The summed E-state index contributed by atoms with van der Waals surface area (Å²) in [6, 6.07) is 12.8. The number of nitrogens with one attached hydrogen (secondary N) is 1. The molecule has 2 rings (SSSR count). The van der Waals surface area contributed by atoms with Crippen molar-refractivity contribution >= 4 is 45.0 Å². The van der Waals surface area contributed by atoms with Crippen LogP contribution in [0, 0.1) is 0 Å². The summed E-state index contributed by atoms with van der Waals surface area (Å²) in [5.74, 6) is -0.196. The Morgan fingerprint density at radius 2 is 1.70 bits per heavy atom. The van der Waals surface area contributed by atoms with Gasteiger partial charge in [0.2, 0.25) is 0 Å². The molecular weight excluding hydrogens is 361 g/mol. The molecule has 0 radical (unpaired) electrons. The molecule has 1 amide bonds. The molecule has 0 unspecified atom stereocenters. The van der Waals surface area contributed by atoms with Gasteiger partial charge in [-0.05, 0) is 29.3 Å². The molecule has 0 aromatic heterocycles. The van der Waals surface area contributed by atoms with E-state index in [1.165, 1.54) is 5.56 Å². The minimum Gasteiger partial charge on any atom is -0.348 e.